The minimum Gasteiger partial charge on any atom is -0.377 e. The standard InChI is InChI=1S/C16H16N2O2/c1-17(2)16(14-6-4-3-5-7-14)12-13-8-10-15(11-9-13)18(19)20/h3-12H,1-2H3. The van der Waals surface area contributed by atoms with Crippen molar-refractivity contribution in [2.45, 2.75) is 0 Å². The molecular formula is C16H16N2O2. The lowest BCUT2D eigenvalue weighted by molar-refractivity contribution is -0.384. The molecule has 0 unspecified atom stereocenters. The van der Waals surface area contributed by atoms with Crippen LogP contribution in [0.3, 0.4) is 0 Å². The maximum Gasteiger partial charge on any atom is 0.269 e. The Morgan fingerprint density at radius 1 is 1.05 bits per heavy atom. The Balaban J connectivity index is 2.37. The van der Waals surface area contributed by atoms with E-state index < -0.39 is 4.92 Å². The van der Waals surface area contributed by atoms with Crippen LogP contribution in [-0.2, 0) is 0 Å². The first kappa shape index (κ1) is 13.8. The normalized spacial score (nSPS) is 11.2. The molecule has 0 saturated carbocycles. The van der Waals surface area contributed by atoms with Gasteiger partial charge in [-0.25, -0.2) is 0 Å². The molecule has 4 heteroatoms. The predicted octanol–water partition coefficient (Wildman–Crippen LogP) is 3.65. The predicted molar refractivity (Wildman–Crippen MR) is 81.1 cm³/mol. The second-order valence-electron chi connectivity index (χ2n) is 4.64. The Bertz CT molecular complexity index is 617. The van der Waals surface area contributed by atoms with Crippen molar-refractivity contribution in [2.24, 2.45) is 0 Å². The minimum absolute atomic E-state index is 0.105. The van der Waals surface area contributed by atoms with Gasteiger partial charge < -0.3 is 4.90 Å². The molecule has 2 aromatic rings. The van der Waals surface area contributed by atoms with E-state index in [1.165, 1.54) is 12.1 Å². The molecule has 0 aliphatic heterocycles. The fourth-order valence-electron chi connectivity index (χ4n) is 1.93. The summed E-state index contributed by atoms with van der Waals surface area (Å²) in [7, 11) is 3.95. The zero-order chi connectivity index (χ0) is 14.5. The molecule has 0 radical (unpaired) electrons. The summed E-state index contributed by atoms with van der Waals surface area (Å²) in [5.74, 6) is 0. The molecule has 0 aliphatic rings. The van der Waals surface area contributed by atoms with Crippen LogP contribution in [0.25, 0.3) is 11.8 Å². The fraction of sp³-hybridized carbons (Fsp3) is 0.125. The summed E-state index contributed by atoms with van der Waals surface area (Å²) in [5.41, 5.74) is 3.20. The molecule has 0 aromatic heterocycles. The van der Waals surface area contributed by atoms with Gasteiger partial charge in [0.25, 0.3) is 5.69 Å². The summed E-state index contributed by atoms with van der Waals surface area (Å²) in [6.07, 6.45) is 2.01. The van der Waals surface area contributed by atoms with Gasteiger partial charge >= 0.3 is 0 Å². The van der Waals surface area contributed by atoms with Crippen molar-refractivity contribution in [2.75, 3.05) is 14.1 Å². The highest BCUT2D eigenvalue weighted by molar-refractivity contribution is 5.80. The lowest BCUT2D eigenvalue weighted by Gasteiger charge is -2.17. The molecule has 4 nitrogen and oxygen atoms in total. The second-order valence-corrected chi connectivity index (χ2v) is 4.64. The molecule has 0 amide bonds. The molecule has 0 fully saturated rings. The maximum atomic E-state index is 10.6. The van der Waals surface area contributed by atoms with E-state index >= 15 is 0 Å². The number of nitrogens with zero attached hydrogens (tertiary/aromatic N) is 2. The molecule has 2 rings (SSSR count). The van der Waals surface area contributed by atoms with Crippen LogP contribution in [-0.4, -0.2) is 23.9 Å². The Labute approximate surface area is 118 Å². The van der Waals surface area contributed by atoms with E-state index in [-0.39, 0.29) is 5.69 Å². The van der Waals surface area contributed by atoms with Crippen LogP contribution < -0.4 is 0 Å². The Hall–Kier alpha value is -2.62. The van der Waals surface area contributed by atoms with E-state index in [0.717, 1.165) is 16.8 Å². The van der Waals surface area contributed by atoms with Gasteiger partial charge in [0.2, 0.25) is 0 Å². The first-order valence-corrected chi connectivity index (χ1v) is 6.27. The van der Waals surface area contributed by atoms with Crippen molar-refractivity contribution in [3.05, 3.63) is 75.8 Å². The van der Waals surface area contributed by atoms with Gasteiger partial charge in [-0.3, -0.25) is 10.1 Å². The minimum atomic E-state index is -0.391. The van der Waals surface area contributed by atoms with Gasteiger partial charge in [0.05, 0.1) is 4.92 Å². The molecule has 0 heterocycles. The molecule has 20 heavy (non-hydrogen) atoms. The summed E-state index contributed by atoms with van der Waals surface area (Å²) >= 11 is 0. The van der Waals surface area contributed by atoms with E-state index in [4.69, 9.17) is 0 Å². The van der Waals surface area contributed by atoms with Gasteiger partial charge in [-0.15, -0.1) is 0 Å². The zero-order valence-electron chi connectivity index (χ0n) is 11.5. The van der Waals surface area contributed by atoms with Crippen LogP contribution >= 0.6 is 0 Å². The van der Waals surface area contributed by atoms with E-state index in [2.05, 4.69) is 0 Å². The number of non-ortho nitro benzene ring substituents is 1. The highest BCUT2D eigenvalue weighted by Crippen LogP contribution is 2.21. The van der Waals surface area contributed by atoms with E-state index in [1.54, 1.807) is 12.1 Å². The first-order valence-electron chi connectivity index (χ1n) is 6.27. The maximum absolute atomic E-state index is 10.6. The average molecular weight is 268 g/mol. The second kappa shape index (κ2) is 6.02. The Morgan fingerprint density at radius 3 is 2.15 bits per heavy atom. The van der Waals surface area contributed by atoms with Crippen LogP contribution in [0.4, 0.5) is 5.69 Å². The average Bonchev–Trinajstić information content (AvgIpc) is 2.46. The van der Waals surface area contributed by atoms with Crippen LogP contribution in [0.1, 0.15) is 11.1 Å². The Kier molecular flexibility index (Phi) is 4.15. The molecule has 0 aliphatic carbocycles. The third kappa shape index (κ3) is 3.23. The number of rotatable bonds is 4. The lowest BCUT2D eigenvalue weighted by atomic mass is 10.1. The van der Waals surface area contributed by atoms with Crippen molar-refractivity contribution in [1.29, 1.82) is 0 Å². The van der Waals surface area contributed by atoms with Gasteiger partial charge in [-0.1, -0.05) is 30.3 Å². The SMILES string of the molecule is CN(C)C(=Cc1ccc([N+](=O)[O-])cc1)c1ccccc1. The van der Waals surface area contributed by atoms with Gasteiger partial charge in [-0.2, -0.15) is 0 Å². The summed E-state index contributed by atoms with van der Waals surface area (Å²) in [6.45, 7) is 0. The van der Waals surface area contributed by atoms with Crippen LogP contribution in [0, 0.1) is 10.1 Å². The van der Waals surface area contributed by atoms with Crippen molar-refractivity contribution < 1.29 is 4.92 Å². The van der Waals surface area contributed by atoms with E-state index in [1.807, 2.05) is 55.4 Å². The quantitative estimate of drug-likeness (QED) is 0.483. The van der Waals surface area contributed by atoms with E-state index in [0.29, 0.717) is 0 Å². The highest BCUT2D eigenvalue weighted by Gasteiger charge is 2.06. The number of nitro groups is 1. The van der Waals surface area contributed by atoms with Crippen LogP contribution in [0.5, 0.6) is 0 Å². The molecule has 0 spiro atoms. The third-order valence-electron chi connectivity index (χ3n) is 2.96. The smallest absolute Gasteiger partial charge is 0.269 e. The monoisotopic (exact) mass is 268 g/mol. The van der Waals surface area contributed by atoms with Gasteiger partial charge in [0.15, 0.2) is 0 Å². The highest BCUT2D eigenvalue weighted by atomic mass is 16.6. The van der Waals surface area contributed by atoms with Gasteiger partial charge in [-0.05, 0) is 29.3 Å². The van der Waals surface area contributed by atoms with Crippen molar-refractivity contribution >= 4 is 17.5 Å². The summed E-state index contributed by atoms with van der Waals surface area (Å²) in [4.78, 5) is 12.3. The fourth-order valence-corrected chi connectivity index (χ4v) is 1.93. The molecule has 0 saturated heterocycles. The van der Waals surface area contributed by atoms with E-state index in [9.17, 15) is 10.1 Å². The summed E-state index contributed by atoms with van der Waals surface area (Å²) in [6, 6.07) is 16.6. The molecule has 0 atom stereocenters. The van der Waals surface area contributed by atoms with Gasteiger partial charge in [0.1, 0.15) is 0 Å². The molecule has 102 valence electrons. The van der Waals surface area contributed by atoms with Crippen LogP contribution in [0.15, 0.2) is 54.6 Å². The zero-order valence-corrected chi connectivity index (χ0v) is 11.5. The van der Waals surface area contributed by atoms with Crippen LogP contribution in [0.2, 0.25) is 0 Å². The molecule has 0 bridgehead atoms. The topological polar surface area (TPSA) is 46.4 Å². The number of hydrogen-bond acceptors (Lipinski definition) is 3. The van der Waals surface area contributed by atoms with Crippen molar-refractivity contribution in [1.82, 2.24) is 4.90 Å². The number of nitro benzene ring substituents is 1. The molecule has 2 aromatic carbocycles. The first-order chi connectivity index (χ1) is 9.58. The van der Waals surface area contributed by atoms with Gasteiger partial charge in [0, 0.05) is 31.9 Å². The largest absolute Gasteiger partial charge is 0.377 e. The molecule has 0 N–H and O–H groups in total. The Morgan fingerprint density at radius 2 is 1.65 bits per heavy atom. The van der Waals surface area contributed by atoms with Crippen molar-refractivity contribution in [3.8, 4) is 0 Å². The summed E-state index contributed by atoms with van der Waals surface area (Å²) in [5, 5.41) is 10.6. The number of hydrogen-bond donors (Lipinski definition) is 0. The number of benzene rings is 2. The molecular weight excluding hydrogens is 252 g/mol. The van der Waals surface area contributed by atoms with Crippen molar-refractivity contribution in [3.63, 3.8) is 0 Å². The third-order valence-corrected chi connectivity index (χ3v) is 2.96. The lowest BCUT2D eigenvalue weighted by Crippen LogP contribution is -2.09. The summed E-state index contributed by atoms with van der Waals surface area (Å²) < 4.78 is 0.